The number of carbonyl (C=O) groups is 1. The quantitative estimate of drug-likeness (QED) is 0.672. The molecule has 1 aromatic rings. The van der Waals surface area contributed by atoms with Crippen LogP contribution < -0.4 is 16.0 Å². The maximum absolute atomic E-state index is 11.7. The molecule has 0 aliphatic carbocycles. The Kier molecular flexibility index (Phi) is 4.17. The van der Waals surface area contributed by atoms with Gasteiger partial charge in [0.1, 0.15) is 0 Å². The van der Waals surface area contributed by atoms with Gasteiger partial charge >= 0.3 is 0 Å². The predicted octanol–water partition coefficient (Wildman–Crippen LogP) is 0.354. The second-order valence-corrected chi connectivity index (χ2v) is 4.28. The topological polar surface area (TPSA) is 65.5 Å². The minimum absolute atomic E-state index is 0.0490. The van der Waals surface area contributed by atoms with Crippen LogP contribution in [0.15, 0.2) is 35.3 Å². The third-order valence-corrected chi connectivity index (χ3v) is 2.65. The van der Waals surface area contributed by atoms with E-state index in [1.54, 1.807) is 12.1 Å². The van der Waals surface area contributed by atoms with Crippen LogP contribution >= 0.6 is 0 Å². The van der Waals surface area contributed by atoms with E-state index in [1.807, 2.05) is 18.2 Å². The van der Waals surface area contributed by atoms with Gasteiger partial charge in [0.2, 0.25) is 0 Å². The third-order valence-electron chi connectivity index (χ3n) is 2.65. The third kappa shape index (κ3) is 3.48. The maximum atomic E-state index is 11.7. The highest BCUT2D eigenvalue weighted by Crippen LogP contribution is 1.97. The van der Waals surface area contributed by atoms with E-state index < -0.39 is 0 Å². The van der Waals surface area contributed by atoms with Crippen LogP contribution in [0.4, 0.5) is 0 Å². The Hall–Kier alpha value is -2.04. The highest BCUT2D eigenvalue weighted by Gasteiger charge is 2.11. The molecule has 0 fully saturated rings. The molecule has 1 aromatic carbocycles. The molecule has 0 saturated heterocycles. The zero-order valence-electron chi connectivity index (χ0n) is 10.4. The maximum Gasteiger partial charge on any atom is 0.251 e. The molecule has 1 amide bonds. The fourth-order valence-electron chi connectivity index (χ4n) is 1.71. The van der Waals surface area contributed by atoms with E-state index in [2.05, 4.69) is 27.9 Å². The number of amides is 1. The molecule has 1 aliphatic rings. The van der Waals surface area contributed by atoms with E-state index in [0.29, 0.717) is 24.7 Å². The van der Waals surface area contributed by atoms with Crippen molar-refractivity contribution in [3.05, 3.63) is 35.9 Å². The first kappa shape index (κ1) is 12.4. The van der Waals surface area contributed by atoms with Crippen LogP contribution in [0.5, 0.6) is 0 Å². The molecule has 3 N–H and O–H groups in total. The van der Waals surface area contributed by atoms with Crippen molar-refractivity contribution in [1.82, 2.24) is 16.0 Å². The van der Waals surface area contributed by atoms with Crippen LogP contribution in [0.1, 0.15) is 17.3 Å². The molecule has 1 aliphatic heterocycles. The number of hydrogen-bond donors (Lipinski definition) is 3. The van der Waals surface area contributed by atoms with Crippen LogP contribution in [-0.4, -0.2) is 37.5 Å². The van der Waals surface area contributed by atoms with Crippen molar-refractivity contribution in [2.75, 3.05) is 19.6 Å². The molecule has 0 radical (unpaired) electrons. The lowest BCUT2D eigenvalue weighted by molar-refractivity contribution is 0.0954. The molecule has 0 bridgehead atoms. The largest absolute Gasteiger partial charge is 0.355 e. The van der Waals surface area contributed by atoms with Gasteiger partial charge in [0.25, 0.3) is 5.91 Å². The number of benzene rings is 1. The van der Waals surface area contributed by atoms with Crippen LogP contribution in [0.2, 0.25) is 0 Å². The van der Waals surface area contributed by atoms with Gasteiger partial charge in [-0.25, -0.2) is 0 Å². The number of rotatable bonds is 4. The second kappa shape index (κ2) is 6.05. The zero-order valence-corrected chi connectivity index (χ0v) is 10.4. The summed E-state index contributed by atoms with van der Waals surface area (Å²) in [6.07, 6.45) is 0. The van der Waals surface area contributed by atoms with E-state index in [1.165, 1.54) is 0 Å². The molecular formula is C13H18N4O. The highest BCUT2D eigenvalue weighted by atomic mass is 16.1. The van der Waals surface area contributed by atoms with Crippen molar-refractivity contribution in [1.29, 1.82) is 0 Å². The Morgan fingerprint density at radius 2 is 2.17 bits per heavy atom. The average molecular weight is 246 g/mol. The summed E-state index contributed by atoms with van der Waals surface area (Å²) in [5.41, 5.74) is 0.683. The molecule has 1 atom stereocenters. The normalized spacial score (nSPS) is 17.8. The molecule has 0 aromatic heterocycles. The van der Waals surface area contributed by atoms with E-state index in [0.717, 1.165) is 12.5 Å². The molecule has 18 heavy (non-hydrogen) atoms. The average Bonchev–Trinajstić information content (AvgIpc) is 2.81. The summed E-state index contributed by atoms with van der Waals surface area (Å²) in [4.78, 5) is 16.0. The lowest BCUT2D eigenvalue weighted by Gasteiger charge is -2.09. The van der Waals surface area contributed by atoms with Crippen LogP contribution in [0, 0.1) is 0 Å². The monoisotopic (exact) mass is 246 g/mol. The SMILES string of the molecule is CC1CN=C(NCCNC(=O)c2ccccc2)N1. The highest BCUT2D eigenvalue weighted by molar-refractivity contribution is 5.94. The van der Waals surface area contributed by atoms with Crippen LogP contribution in [0.25, 0.3) is 0 Å². The second-order valence-electron chi connectivity index (χ2n) is 4.28. The summed E-state index contributed by atoms with van der Waals surface area (Å²) in [6, 6.07) is 9.59. The van der Waals surface area contributed by atoms with Gasteiger partial charge in [-0.15, -0.1) is 0 Å². The fourth-order valence-corrected chi connectivity index (χ4v) is 1.71. The summed E-state index contributed by atoms with van der Waals surface area (Å²) < 4.78 is 0. The van der Waals surface area contributed by atoms with Gasteiger partial charge in [-0.3, -0.25) is 9.79 Å². The minimum Gasteiger partial charge on any atom is -0.355 e. The first-order valence-electron chi connectivity index (χ1n) is 6.14. The van der Waals surface area contributed by atoms with Gasteiger partial charge in [0.15, 0.2) is 5.96 Å². The van der Waals surface area contributed by atoms with Crippen molar-refractivity contribution < 1.29 is 4.79 Å². The van der Waals surface area contributed by atoms with Gasteiger partial charge in [0, 0.05) is 24.7 Å². The summed E-state index contributed by atoms with van der Waals surface area (Å²) >= 11 is 0. The predicted molar refractivity (Wildman–Crippen MR) is 71.7 cm³/mol. The molecule has 1 heterocycles. The van der Waals surface area contributed by atoms with Crippen molar-refractivity contribution in [2.45, 2.75) is 13.0 Å². The first-order chi connectivity index (χ1) is 8.75. The van der Waals surface area contributed by atoms with E-state index in [-0.39, 0.29) is 5.91 Å². The number of hydrogen-bond acceptors (Lipinski definition) is 4. The van der Waals surface area contributed by atoms with Gasteiger partial charge in [-0.05, 0) is 19.1 Å². The van der Waals surface area contributed by atoms with Crippen LogP contribution in [0.3, 0.4) is 0 Å². The van der Waals surface area contributed by atoms with E-state index >= 15 is 0 Å². The van der Waals surface area contributed by atoms with E-state index in [4.69, 9.17) is 0 Å². The van der Waals surface area contributed by atoms with Gasteiger partial charge in [-0.2, -0.15) is 0 Å². The number of carbonyl (C=O) groups excluding carboxylic acids is 1. The lowest BCUT2D eigenvalue weighted by atomic mass is 10.2. The Morgan fingerprint density at radius 3 is 2.83 bits per heavy atom. The van der Waals surface area contributed by atoms with Gasteiger partial charge in [0.05, 0.1) is 6.54 Å². The van der Waals surface area contributed by atoms with Gasteiger partial charge in [-0.1, -0.05) is 18.2 Å². The lowest BCUT2D eigenvalue weighted by Crippen LogP contribution is -2.41. The molecule has 5 nitrogen and oxygen atoms in total. The molecule has 2 rings (SSSR count). The number of guanidine groups is 1. The number of nitrogens with zero attached hydrogens (tertiary/aromatic N) is 1. The Morgan fingerprint density at radius 1 is 1.39 bits per heavy atom. The molecular weight excluding hydrogens is 228 g/mol. The molecule has 5 heteroatoms. The fraction of sp³-hybridized carbons (Fsp3) is 0.385. The first-order valence-corrected chi connectivity index (χ1v) is 6.14. The minimum atomic E-state index is -0.0490. The van der Waals surface area contributed by atoms with Gasteiger partial charge < -0.3 is 16.0 Å². The molecule has 0 saturated carbocycles. The number of aliphatic imine (C=N–C) groups is 1. The summed E-state index contributed by atoms with van der Waals surface area (Å²) in [7, 11) is 0. The van der Waals surface area contributed by atoms with Crippen molar-refractivity contribution in [2.24, 2.45) is 4.99 Å². The summed E-state index contributed by atoms with van der Waals surface area (Å²) in [6.45, 7) is 4.12. The smallest absolute Gasteiger partial charge is 0.251 e. The Bertz CT molecular complexity index is 430. The summed E-state index contributed by atoms with van der Waals surface area (Å²) in [5.74, 6) is 0.767. The molecule has 0 spiro atoms. The molecule has 96 valence electrons. The number of nitrogens with one attached hydrogen (secondary N) is 3. The van der Waals surface area contributed by atoms with Crippen molar-refractivity contribution in [3.8, 4) is 0 Å². The van der Waals surface area contributed by atoms with Crippen LogP contribution in [-0.2, 0) is 0 Å². The Balaban J connectivity index is 1.65. The summed E-state index contributed by atoms with van der Waals surface area (Å²) in [5, 5.41) is 9.19. The Labute approximate surface area is 107 Å². The zero-order chi connectivity index (χ0) is 12.8. The molecule has 1 unspecified atom stereocenters. The van der Waals surface area contributed by atoms with E-state index in [9.17, 15) is 4.79 Å². The van der Waals surface area contributed by atoms with Crippen molar-refractivity contribution in [3.63, 3.8) is 0 Å². The standard InChI is InChI=1S/C13H18N4O/c1-10-9-16-13(17-10)15-8-7-14-12(18)11-5-3-2-4-6-11/h2-6,10H,7-9H2,1H3,(H,14,18)(H2,15,16,17). The van der Waals surface area contributed by atoms with Crippen molar-refractivity contribution >= 4 is 11.9 Å².